The normalized spacial score (nSPS) is 10.3. The van der Waals surface area contributed by atoms with Gasteiger partial charge in [-0.1, -0.05) is 39.5 Å². The number of hydrogen-bond donors (Lipinski definition) is 2. The first kappa shape index (κ1) is 18.1. The van der Waals surface area contributed by atoms with Gasteiger partial charge >= 0.3 is 0 Å². The largest absolute Gasteiger partial charge is 0.396 e. The zero-order valence-electron chi connectivity index (χ0n) is 13.5. The van der Waals surface area contributed by atoms with E-state index in [-0.39, 0.29) is 18.1 Å². The van der Waals surface area contributed by atoms with Crippen LogP contribution in [0.1, 0.15) is 46.0 Å². The first-order valence-corrected chi connectivity index (χ1v) is 7.87. The Labute approximate surface area is 131 Å². The fraction of sp³-hybridized carbons (Fsp3) is 0.562. The summed E-state index contributed by atoms with van der Waals surface area (Å²) >= 11 is 0. The van der Waals surface area contributed by atoms with Gasteiger partial charge in [0.15, 0.2) is 0 Å². The van der Waals surface area contributed by atoms with E-state index in [0.717, 1.165) is 5.39 Å². The molecule has 22 heavy (non-hydrogen) atoms. The summed E-state index contributed by atoms with van der Waals surface area (Å²) < 4.78 is 1.49. The highest BCUT2D eigenvalue weighted by atomic mass is 16.3. The molecule has 3 N–H and O–H groups in total. The SMILES string of the molecule is CCCCCC.Nc1ncc2ccc(=O)n(CCCO)c2n1. The van der Waals surface area contributed by atoms with Gasteiger partial charge in [0.05, 0.1) is 0 Å². The molecule has 0 aliphatic heterocycles. The van der Waals surface area contributed by atoms with E-state index in [1.54, 1.807) is 12.3 Å². The van der Waals surface area contributed by atoms with Crippen LogP contribution in [-0.2, 0) is 6.54 Å². The lowest BCUT2D eigenvalue weighted by molar-refractivity contribution is 0.280. The summed E-state index contributed by atoms with van der Waals surface area (Å²) in [5.41, 5.74) is 5.84. The fourth-order valence-electron chi connectivity index (χ4n) is 2.03. The summed E-state index contributed by atoms with van der Waals surface area (Å²) in [6, 6.07) is 3.12. The molecule has 0 fully saturated rings. The van der Waals surface area contributed by atoms with Crippen molar-refractivity contribution in [2.75, 3.05) is 12.3 Å². The van der Waals surface area contributed by atoms with Crippen LogP contribution in [0.2, 0.25) is 0 Å². The number of aromatic nitrogens is 3. The molecule has 2 rings (SSSR count). The average molecular weight is 306 g/mol. The molecule has 0 saturated heterocycles. The van der Waals surface area contributed by atoms with Crippen molar-refractivity contribution >= 4 is 17.0 Å². The summed E-state index contributed by atoms with van der Waals surface area (Å²) in [6.45, 7) is 4.91. The lowest BCUT2D eigenvalue weighted by Gasteiger charge is -2.07. The van der Waals surface area contributed by atoms with Gasteiger partial charge in [-0.15, -0.1) is 0 Å². The molecule has 0 radical (unpaired) electrons. The third-order valence-corrected chi connectivity index (χ3v) is 3.24. The predicted octanol–water partition coefficient (Wildman–Crippen LogP) is 2.34. The van der Waals surface area contributed by atoms with E-state index in [2.05, 4.69) is 23.8 Å². The number of aryl methyl sites for hydroxylation is 1. The maximum atomic E-state index is 11.6. The number of hydrogen-bond acceptors (Lipinski definition) is 5. The quantitative estimate of drug-likeness (QED) is 0.799. The van der Waals surface area contributed by atoms with Crippen molar-refractivity contribution in [3.63, 3.8) is 0 Å². The molecule has 6 nitrogen and oxygen atoms in total. The topological polar surface area (TPSA) is 94.0 Å². The van der Waals surface area contributed by atoms with Gasteiger partial charge in [0.1, 0.15) is 5.65 Å². The number of nitrogens with two attached hydrogens (primary N) is 1. The molecule has 0 aliphatic carbocycles. The van der Waals surface area contributed by atoms with Crippen LogP contribution in [0, 0.1) is 0 Å². The standard InChI is InChI=1S/C10H12N4O2.C6H14/c11-10-12-6-7-2-3-8(16)14(4-1-5-15)9(7)13-10;1-3-5-6-4-2/h2-3,6,15H,1,4-5H2,(H2,11,12,13);3-6H2,1-2H3. The number of fused-ring (bicyclic) bond motifs is 1. The molecule has 2 aromatic rings. The Morgan fingerprint density at radius 2 is 1.86 bits per heavy atom. The molecule has 0 atom stereocenters. The molecule has 122 valence electrons. The van der Waals surface area contributed by atoms with E-state index in [0.29, 0.717) is 18.6 Å². The number of rotatable bonds is 6. The highest BCUT2D eigenvalue weighted by Gasteiger charge is 2.04. The zero-order valence-corrected chi connectivity index (χ0v) is 13.5. The number of aliphatic hydroxyl groups is 1. The molecule has 0 saturated carbocycles. The summed E-state index contributed by atoms with van der Waals surface area (Å²) in [7, 11) is 0. The van der Waals surface area contributed by atoms with Gasteiger partial charge in [-0.3, -0.25) is 9.36 Å². The summed E-state index contributed by atoms with van der Waals surface area (Å²) in [6.07, 6.45) is 7.62. The maximum absolute atomic E-state index is 11.6. The van der Waals surface area contributed by atoms with Crippen LogP contribution >= 0.6 is 0 Å². The van der Waals surface area contributed by atoms with Crippen LogP contribution in [0.3, 0.4) is 0 Å². The minimum absolute atomic E-state index is 0.0311. The van der Waals surface area contributed by atoms with Crippen LogP contribution in [0.4, 0.5) is 5.95 Å². The van der Waals surface area contributed by atoms with Crippen molar-refractivity contribution in [3.8, 4) is 0 Å². The molecule has 0 bridgehead atoms. The highest BCUT2D eigenvalue weighted by Crippen LogP contribution is 2.09. The van der Waals surface area contributed by atoms with Crippen molar-refractivity contribution in [2.24, 2.45) is 0 Å². The second-order valence-corrected chi connectivity index (χ2v) is 5.11. The van der Waals surface area contributed by atoms with Gasteiger partial charge in [-0.25, -0.2) is 4.98 Å². The first-order chi connectivity index (χ1) is 10.6. The zero-order chi connectivity index (χ0) is 16.4. The third-order valence-electron chi connectivity index (χ3n) is 3.24. The van der Waals surface area contributed by atoms with Gasteiger partial charge in [-0.05, 0) is 12.5 Å². The van der Waals surface area contributed by atoms with E-state index in [4.69, 9.17) is 10.8 Å². The van der Waals surface area contributed by atoms with E-state index < -0.39 is 0 Å². The lowest BCUT2D eigenvalue weighted by Crippen LogP contribution is -2.21. The Bertz CT molecular complexity index is 621. The second kappa shape index (κ2) is 9.89. The number of nitrogen functional groups attached to an aromatic ring is 1. The second-order valence-electron chi connectivity index (χ2n) is 5.11. The number of nitrogens with zero attached hydrogens (tertiary/aromatic N) is 3. The summed E-state index contributed by atoms with van der Waals surface area (Å²) in [5, 5.41) is 9.53. The van der Waals surface area contributed by atoms with Crippen molar-refractivity contribution in [3.05, 3.63) is 28.7 Å². The van der Waals surface area contributed by atoms with Crippen molar-refractivity contribution in [1.82, 2.24) is 14.5 Å². The highest BCUT2D eigenvalue weighted by molar-refractivity contribution is 5.74. The van der Waals surface area contributed by atoms with Crippen molar-refractivity contribution in [1.29, 1.82) is 0 Å². The van der Waals surface area contributed by atoms with E-state index in [1.807, 2.05) is 0 Å². The molecule has 0 aliphatic rings. The minimum Gasteiger partial charge on any atom is -0.396 e. The number of unbranched alkanes of at least 4 members (excludes halogenated alkanes) is 3. The van der Waals surface area contributed by atoms with Crippen molar-refractivity contribution in [2.45, 2.75) is 52.5 Å². The molecule has 0 amide bonds. The third kappa shape index (κ3) is 5.44. The Kier molecular flexibility index (Phi) is 8.14. The smallest absolute Gasteiger partial charge is 0.252 e. The van der Waals surface area contributed by atoms with Crippen LogP contribution in [0.5, 0.6) is 0 Å². The molecule has 0 unspecified atom stereocenters. The Morgan fingerprint density at radius 1 is 1.18 bits per heavy atom. The molecular weight excluding hydrogens is 280 g/mol. The van der Waals surface area contributed by atoms with Crippen molar-refractivity contribution < 1.29 is 5.11 Å². The minimum atomic E-state index is -0.154. The molecule has 2 heterocycles. The Morgan fingerprint density at radius 3 is 2.45 bits per heavy atom. The average Bonchev–Trinajstić information content (AvgIpc) is 2.52. The number of anilines is 1. The van der Waals surface area contributed by atoms with E-state index in [1.165, 1.54) is 36.3 Å². The number of aliphatic hydroxyl groups excluding tert-OH is 1. The summed E-state index contributed by atoms with van der Waals surface area (Å²) in [4.78, 5) is 19.5. The molecule has 2 aromatic heterocycles. The fourth-order valence-corrected chi connectivity index (χ4v) is 2.03. The summed E-state index contributed by atoms with van der Waals surface area (Å²) in [5.74, 6) is 0.135. The molecule has 6 heteroatoms. The molecule has 0 aromatic carbocycles. The van der Waals surface area contributed by atoms with Gasteiger partial charge in [-0.2, -0.15) is 4.98 Å². The van der Waals surface area contributed by atoms with E-state index >= 15 is 0 Å². The van der Waals surface area contributed by atoms with Gasteiger partial charge in [0.25, 0.3) is 5.56 Å². The molecular formula is C16H26N4O2. The van der Waals surface area contributed by atoms with Crippen LogP contribution in [0.25, 0.3) is 11.0 Å². The lowest BCUT2D eigenvalue weighted by atomic mass is 10.2. The number of pyridine rings is 1. The predicted molar refractivity (Wildman–Crippen MR) is 89.7 cm³/mol. The van der Waals surface area contributed by atoms with Gasteiger partial charge in [0.2, 0.25) is 5.95 Å². The Balaban J connectivity index is 0.000000346. The Hall–Kier alpha value is -1.95. The van der Waals surface area contributed by atoms with Crippen LogP contribution in [0.15, 0.2) is 23.1 Å². The van der Waals surface area contributed by atoms with Crippen LogP contribution < -0.4 is 11.3 Å². The van der Waals surface area contributed by atoms with Gasteiger partial charge < -0.3 is 10.8 Å². The monoisotopic (exact) mass is 306 g/mol. The molecule has 0 spiro atoms. The first-order valence-electron chi connectivity index (χ1n) is 7.87. The van der Waals surface area contributed by atoms with E-state index in [9.17, 15) is 4.79 Å². The van der Waals surface area contributed by atoms with Crippen LogP contribution in [-0.4, -0.2) is 26.2 Å². The van der Waals surface area contributed by atoms with Gasteiger partial charge in [0, 0.05) is 30.8 Å². The maximum Gasteiger partial charge on any atom is 0.252 e.